The Bertz CT molecular complexity index is 623. The van der Waals surface area contributed by atoms with Crippen molar-refractivity contribution in [3.63, 3.8) is 0 Å². The second kappa shape index (κ2) is 8.59. The zero-order valence-electron chi connectivity index (χ0n) is 14.7. The van der Waals surface area contributed by atoms with Crippen molar-refractivity contribution in [2.75, 3.05) is 18.6 Å². The Morgan fingerprint density at radius 3 is 2.42 bits per heavy atom. The Morgan fingerprint density at radius 2 is 1.96 bits per heavy atom. The lowest BCUT2D eigenvalue weighted by atomic mass is 9.89. The normalized spacial score (nSPS) is 31.7. The van der Waals surface area contributed by atoms with Gasteiger partial charge in [0.2, 0.25) is 5.91 Å². The molecule has 6 atom stereocenters. The third kappa shape index (κ3) is 5.86. The monoisotopic (exact) mass is 399 g/mol. The number of aliphatic hydroxyl groups is 4. The van der Waals surface area contributed by atoms with E-state index >= 15 is 0 Å². The summed E-state index contributed by atoms with van der Waals surface area (Å²) in [7, 11) is -3.68. The number of amides is 1. The molecule has 11 nitrogen and oxygen atoms in total. The van der Waals surface area contributed by atoms with Gasteiger partial charge in [0.25, 0.3) is 5.79 Å². The number of aliphatic hydroxyl groups excluding tert-OH is 3. The Morgan fingerprint density at radius 1 is 1.38 bits per heavy atom. The largest absolute Gasteiger partial charge is 0.462 e. The fourth-order valence-corrected chi connectivity index (χ4v) is 3.49. The van der Waals surface area contributed by atoms with Gasteiger partial charge in [0.05, 0.1) is 30.6 Å². The number of ether oxygens (including phenoxy) is 2. The molecule has 0 saturated carbocycles. The first kappa shape index (κ1) is 22.7. The molecule has 1 amide bonds. The van der Waals surface area contributed by atoms with E-state index in [1.807, 2.05) is 0 Å². The summed E-state index contributed by atoms with van der Waals surface area (Å²) in [5.74, 6) is -5.32. The quantitative estimate of drug-likeness (QED) is 0.272. The van der Waals surface area contributed by atoms with Gasteiger partial charge in [-0.2, -0.15) is 0 Å². The predicted octanol–water partition coefficient (Wildman–Crippen LogP) is -3.34. The van der Waals surface area contributed by atoms with Crippen molar-refractivity contribution < 1.29 is 47.9 Å². The highest BCUT2D eigenvalue weighted by molar-refractivity contribution is 7.90. The van der Waals surface area contributed by atoms with Crippen LogP contribution in [0.15, 0.2) is 0 Å². The zero-order valence-corrected chi connectivity index (χ0v) is 15.5. The first-order valence-electron chi connectivity index (χ1n) is 7.87. The van der Waals surface area contributed by atoms with Gasteiger partial charge in [-0.15, -0.1) is 0 Å². The summed E-state index contributed by atoms with van der Waals surface area (Å²) in [5.41, 5.74) is 0. The molecular weight excluding hydrogens is 374 g/mol. The Hall–Kier alpha value is -1.31. The first-order valence-corrected chi connectivity index (χ1v) is 9.93. The van der Waals surface area contributed by atoms with Gasteiger partial charge in [-0.05, 0) is 6.92 Å². The third-order valence-electron chi connectivity index (χ3n) is 3.75. The van der Waals surface area contributed by atoms with Crippen molar-refractivity contribution in [1.82, 2.24) is 5.32 Å². The SMILES string of the molecule is CCOC(=O)C1(O)C[C@H](O)[C@@H](NC(C)=O)[C@H]([C@H](O)[C@H](O)CS(C)(=O)=O)O1. The standard InChI is InChI=1S/C14H25NO10S/c1-4-24-13(20)14(21)5-8(17)10(15-7(2)16)12(25-14)11(19)9(18)6-26(3,22)23/h8-12,17-19,21H,4-6H2,1-3H3,(H,15,16)/t8-,9+,10+,11+,12+,14?/m0/s1. The third-order valence-corrected chi connectivity index (χ3v) is 4.70. The van der Waals surface area contributed by atoms with Crippen molar-refractivity contribution in [1.29, 1.82) is 0 Å². The van der Waals surface area contributed by atoms with Crippen molar-refractivity contribution in [3.05, 3.63) is 0 Å². The van der Waals surface area contributed by atoms with Gasteiger partial charge in [0.15, 0.2) is 0 Å². The molecule has 0 aromatic carbocycles. The second-order valence-corrected chi connectivity index (χ2v) is 8.42. The highest BCUT2D eigenvalue weighted by Gasteiger charge is 2.54. The lowest BCUT2D eigenvalue weighted by molar-refractivity contribution is -0.295. The van der Waals surface area contributed by atoms with E-state index < -0.39 is 70.1 Å². The van der Waals surface area contributed by atoms with E-state index in [9.17, 15) is 38.4 Å². The van der Waals surface area contributed by atoms with Crippen LogP contribution >= 0.6 is 0 Å². The first-order chi connectivity index (χ1) is 11.8. The van der Waals surface area contributed by atoms with E-state index in [4.69, 9.17) is 4.74 Å². The maximum atomic E-state index is 11.9. The summed E-state index contributed by atoms with van der Waals surface area (Å²) in [6.07, 6.45) is -6.87. The molecular formula is C14H25NO10S. The summed E-state index contributed by atoms with van der Waals surface area (Å²) in [5, 5.41) is 43.1. The maximum absolute atomic E-state index is 11.9. The van der Waals surface area contributed by atoms with E-state index in [1.54, 1.807) is 0 Å². The molecule has 0 radical (unpaired) electrons. The fraction of sp³-hybridized carbons (Fsp3) is 0.857. The Balaban J connectivity index is 3.15. The number of carbonyl (C=O) groups excluding carboxylic acids is 2. The van der Waals surface area contributed by atoms with E-state index in [1.165, 1.54) is 6.92 Å². The van der Waals surface area contributed by atoms with Gasteiger partial charge in [-0.1, -0.05) is 0 Å². The van der Waals surface area contributed by atoms with Crippen LogP contribution in [0.3, 0.4) is 0 Å². The molecule has 0 aromatic heterocycles. The lowest BCUT2D eigenvalue weighted by Gasteiger charge is -2.45. The van der Waals surface area contributed by atoms with Crippen LogP contribution in [0.5, 0.6) is 0 Å². The number of nitrogens with one attached hydrogen (secondary N) is 1. The number of rotatable bonds is 7. The van der Waals surface area contributed by atoms with Crippen molar-refractivity contribution in [2.45, 2.75) is 56.5 Å². The van der Waals surface area contributed by atoms with Crippen molar-refractivity contribution >= 4 is 21.7 Å². The van der Waals surface area contributed by atoms with Gasteiger partial charge < -0.3 is 35.2 Å². The predicted molar refractivity (Wildman–Crippen MR) is 86.4 cm³/mol. The second-order valence-electron chi connectivity index (χ2n) is 6.24. The van der Waals surface area contributed by atoms with Crippen LogP contribution in [0.2, 0.25) is 0 Å². The summed E-state index contributed by atoms with van der Waals surface area (Å²) in [4.78, 5) is 23.3. The van der Waals surface area contributed by atoms with Crippen molar-refractivity contribution in [3.8, 4) is 0 Å². The minimum atomic E-state index is -3.68. The molecule has 0 spiro atoms. The minimum absolute atomic E-state index is 0.0976. The van der Waals surface area contributed by atoms with Gasteiger partial charge in [-0.25, -0.2) is 13.2 Å². The van der Waals surface area contributed by atoms with Crippen LogP contribution in [-0.4, -0.2) is 95.6 Å². The molecule has 26 heavy (non-hydrogen) atoms. The minimum Gasteiger partial charge on any atom is -0.462 e. The van der Waals surface area contributed by atoms with Crippen LogP contribution in [0, 0.1) is 0 Å². The van der Waals surface area contributed by atoms with E-state index in [2.05, 4.69) is 10.1 Å². The highest BCUT2D eigenvalue weighted by atomic mass is 32.2. The van der Waals surface area contributed by atoms with E-state index in [0.717, 1.165) is 13.2 Å². The fourth-order valence-electron chi connectivity index (χ4n) is 2.67. The molecule has 1 rings (SSSR count). The summed E-state index contributed by atoms with van der Waals surface area (Å²) >= 11 is 0. The van der Waals surface area contributed by atoms with Gasteiger partial charge in [0, 0.05) is 19.6 Å². The molecule has 0 aromatic rings. The zero-order chi connectivity index (χ0) is 20.3. The number of hydrogen-bond acceptors (Lipinski definition) is 10. The Labute approximate surface area is 150 Å². The topological polar surface area (TPSA) is 180 Å². The lowest BCUT2D eigenvalue weighted by Crippen LogP contribution is -2.67. The molecule has 1 aliphatic rings. The summed E-state index contributed by atoms with van der Waals surface area (Å²) in [6.45, 7) is 2.50. The van der Waals surface area contributed by atoms with Gasteiger partial charge in [0.1, 0.15) is 22.0 Å². The molecule has 1 heterocycles. The van der Waals surface area contributed by atoms with E-state index in [0.29, 0.717) is 0 Å². The number of hydrogen-bond donors (Lipinski definition) is 5. The summed E-state index contributed by atoms with van der Waals surface area (Å²) in [6, 6.07) is -1.31. The van der Waals surface area contributed by atoms with Crippen LogP contribution in [0.1, 0.15) is 20.3 Å². The summed E-state index contributed by atoms with van der Waals surface area (Å²) < 4.78 is 32.5. The molecule has 12 heteroatoms. The molecule has 152 valence electrons. The molecule has 0 bridgehead atoms. The average Bonchev–Trinajstić information content (AvgIpc) is 2.47. The molecule has 5 N–H and O–H groups in total. The molecule has 1 saturated heterocycles. The van der Waals surface area contributed by atoms with Crippen LogP contribution in [0.25, 0.3) is 0 Å². The average molecular weight is 399 g/mol. The van der Waals surface area contributed by atoms with Crippen LogP contribution < -0.4 is 5.32 Å². The number of sulfone groups is 1. The highest BCUT2D eigenvalue weighted by Crippen LogP contribution is 2.31. The maximum Gasteiger partial charge on any atom is 0.366 e. The van der Waals surface area contributed by atoms with Gasteiger partial charge in [-0.3, -0.25) is 4.79 Å². The van der Waals surface area contributed by atoms with Crippen LogP contribution in [-0.2, 0) is 28.9 Å². The molecule has 1 unspecified atom stereocenters. The number of carbonyl (C=O) groups is 2. The Kier molecular flexibility index (Phi) is 7.51. The van der Waals surface area contributed by atoms with Crippen LogP contribution in [0.4, 0.5) is 0 Å². The molecule has 1 aliphatic heterocycles. The molecule has 0 aliphatic carbocycles. The smallest absolute Gasteiger partial charge is 0.366 e. The van der Waals surface area contributed by atoms with Crippen molar-refractivity contribution in [2.24, 2.45) is 0 Å². The molecule has 1 fully saturated rings. The van der Waals surface area contributed by atoms with Gasteiger partial charge >= 0.3 is 5.97 Å². The van der Waals surface area contributed by atoms with E-state index in [-0.39, 0.29) is 6.61 Å². The number of esters is 1.